The minimum atomic E-state index is -1.53. The average molecular weight is 169 g/mol. The topological polar surface area (TPSA) is 87.0 Å². The van der Waals surface area contributed by atoms with Crippen molar-refractivity contribution in [3.63, 3.8) is 0 Å². The second-order valence-corrected chi connectivity index (χ2v) is 2.36. The molecule has 5 nitrogen and oxygen atoms in total. The number of carbonyl (C=O) groups is 2. The van der Waals surface area contributed by atoms with E-state index in [-0.39, 0.29) is 5.71 Å². The largest absolute Gasteiger partial charge is 0.493 e. The van der Waals surface area contributed by atoms with Gasteiger partial charge in [-0.15, -0.1) is 0 Å². The van der Waals surface area contributed by atoms with Crippen LogP contribution < -0.4 is 0 Å². The Balaban J connectivity index is 3.07. The van der Waals surface area contributed by atoms with Crippen LogP contribution >= 0.6 is 0 Å². The standard InChI is InChI=1S/C7H7NO4/c1-3(9)6-7(12)4(10)2-5(11)8-6/h2,7,11-12H,1H3. The first-order chi connectivity index (χ1) is 5.52. The van der Waals surface area contributed by atoms with Crippen molar-refractivity contribution in [3.05, 3.63) is 12.0 Å². The first kappa shape index (κ1) is 8.61. The third-order valence-electron chi connectivity index (χ3n) is 1.40. The van der Waals surface area contributed by atoms with E-state index in [1.807, 2.05) is 0 Å². The Labute approximate surface area is 68.0 Å². The van der Waals surface area contributed by atoms with E-state index < -0.39 is 23.6 Å². The lowest BCUT2D eigenvalue weighted by Crippen LogP contribution is -2.35. The molecule has 1 aliphatic heterocycles. The van der Waals surface area contributed by atoms with Crippen molar-refractivity contribution in [1.29, 1.82) is 0 Å². The van der Waals surface area contributed by atoms with Crippen LogP contribution in [0.5, 0.6) is 0 Å². The summed E-state index contributed by atoms with van der Waals surface area (Å²) in [5.74, 6) is -1.81. The first-order valence-electron chi connectivity index (χ1n) is 3.24. The van der Waals surface area contributed by atoms with Crippen LogP contribution in [0.15, 0.2) is 17.0 Å². The maximum atomic E-state index is 10.8. The summed E-state index contributed by atoms with van der Waals surface area (Å²) in [6.45, 7) is 1.16. The number of nitrogens with zero attached hydrogens (tertiary/aromatic N) is 1. The van der Waals surface area contributed by atoms with Crippen LogP contribution in [0.3, 0.4) is 0 Å². The third-order valence-corrected chi connectivity index (χ3v) is 1.40. The molecule has 0 saturated carbocycles. The fourth-order valence-electron chi connectivity index (χ4n) is 0.829. The van der Waals surface area contributed by atoms with Gasteiger partial charge in [-0.25, -0.2) is 4.99 Å². The summed E-state index contributed by atoms with van der Waals surface area (Å²) >= 11 is 0. The summed E-state index contributed by atoms with van der Waals surface area (Å²) in [6.07, 6.45) is -0.754. The van der Waals surface area contributed by atoms with E-state index in [0.717, 1.165) is 13.0 Å². The number of rotatable bonds is 1. The highest BCUT2D eigenvalue weighted by Gasteiger charge is 2.27. The normalized spacial score (nSPS) is 23.2. The molecule has 0 spiro atoms. The maximum absolute atomic E-state index is 10.8. The Morgan fingerprint density at radius 3 is 2.75 bits per heavy atom. The van der Waals surface area contributed by atoms with Gasteiger partial charge in [0.1, 0.15) is 5.71 Å². The minimum Gasteiger partial charge on any atom is -0.493 e. The van der Waals surface area contributed by atoms with E-state index in [0.29, 0.717) is 0 Å². The summed E-state index contributed by atoms with van der Waals surface area (Å²) in [7, 11) is 0. The van der Waals surface area contributed by atoms with Gasteiger partial charge in [0, 0.05) is 13.0 Å². The van der Waals surface area contributed by atoms with E-state index in [1.54, 1.807) is 0 Å². The summed E-state index contributed by atoms with van der Waals surface area (Å²) in [5.41, 5.74) is -0.319. The monoisotopic (exact) mass is 169 g/mol. The van der Waals surface area contributed by atoms with Crippen molar-refractivity contribution < 1.29 is 19.8 Å². The third kappa shape index (κ3) is 1.40. The summed E-state index contributed by atoms with van der Waals surface area (Å²) < 4.78 is 0. The Kier molecular flexibility index (Phi) is 2.05. The predicted octanol–water partition coefficient (Wildman–Crippen LogP) is -0.641. The molecule has 0 aromatic rings. The van der Waals surface area contributed by atoms with Gasteiger partial charge in [0.15, 0.2) is 17.7 Å². The molecule has 12 heavy (non-hydrogen) atoms. The molecule has 0 amide bonds. The van der Waals surface area contributed by atoms with E-state index in [9.17, 15) is 9.59 Å². The molecule has 0 saturated heterocycles. The van der Waals surface area contributed by atoms with Crippen LogP contribution in [-0.2, 0) is 9.59 Å². The zero-order valence-corrected chi connectivity index (χ0v) is 6.31. The molecular formula is C7H7NO4. The molecule has 64 valence electrons. The van der Waals surface area contributed by atoms with Crippen LogP contribution in [0.4, 0.5) is 0 Å². The van der Waals surface area contributed by atoms with Crippen molar-refractivity contribution in [2.45, 2.75) is 13.0 Å². The Morgan fingerprint density at radius 2 is 2.25 bits per heavy atom. The molecule has 1 heterocycles. The summed E-state index contributed by atoms with van der Waals surface area (Å²) in [6, 6.07) is 0. The van der Waals surface area contributed by atoms with E-state index in [4.69, 9.17) is 10.2 Å². The van der Waals surface area contributed by atoms with Gasteiger partial charge in [0.25, 0.3) is 0 Å². The smallest absolute Gasteiger partial charge is 0.214 e. The van der Waals surface area contributed by atoms with Gasteiger partial charge < -0.3 is 10.2 Å². The van der Waals surface area contributed by atoms with Gasteiger partial charge in [0.2, 0.25) is 5.88 Å². The van der Waals surface area contributed by atoms with Crippen LogP contribution in [0.25, 0.3) is 0 Å². The zero-order valence-electron chi connectivity index (χ0n) is 6.31. The molecule has 0 fully saturated rings. The lowest BCUT2D eigenvalue weighted by molar-refractivity contribution is -0.121. The van der Waals surface area contributed by atoms with Crippen LogP contribution in [-0.4, -0.2) is 33.6 Å². The second-order valence-electron chi connectivity index (χ2n) is 2.36. The molecule has 0 radical (unpaired) electrons. The molecule has 1 unspecified atom stereocenters. The minimum absolute atomic E-state index is 0.319. The van der Waals surface area contributed by atoms with Gasteiger partial charge in [-0.3, -0.25) is 9.59 Å². The molecule has 0 aromatic heterocycles. The predicted molar refractivity (Wildman–Crippen MR) is 39.8 cm³/mol. The van der Waals surface area contributed by atoms with E-state index in [1.165, 1.54) is 0 Å². The van der Waals surface area contributed by atoms with Crippen molar-refractivity contribution >= 4 is 17.3 Å². The quantitative estimate of drug-likeness (QED) is 0.546. The van der Waals surface area contributed by atoms with Gasteiger partial charge in [0.05, 0.1) is 0 Å². The Bertz CT molecular complexity index is 303. The Morgan fingerprint density at radius 1 is 1.67 bits per heavy atom. The van der Waals surface area contributed by atoms with Crippen molar-refractivity contribution in [2.24, 2.45) is 4.99 Å². The maximum Gasteiger partial charge on any atom is 0.214 e. The second kappa shape index (κ2) is 2.86. The molecular weight excluding hydrogens is 162 g/mol. The molecule has 0 aliphatic carbocycles. The van der Waals surface area contributed by atoms with Gasteiger partial charge >= 0.3 is 0 Å². The lowest BCUT2D eigenvalue weighted by atomic mass is 10.1. The van der Waals surface area contributed by atoms with Crippen molar-refractivity contribution in [3.8, 4) is 0 Å². The summed E-state index contributed by atoms with van der Waals surface area (Å²) in [4.78, 5) is 24.8. The lowest BCUT2D eigenvalue weighted by Gasteiger charge is -2.11. The number of aliphatic imine (C=N–C) groups is 1. The van der Waals surface area contributed by atoms with Crippen molar-refractivity contribution in [2.75, 3.05) is 0 Å². The average Bonchev–Trinajstić information content (AvgIpc) is 1.96. The highest BCUT2D eigenvalue weighted by molar-refractivity contribution is 6.45. The van der Waals surface area contributed by atoms with Gasteiger partial charge in [-0.2, -0.15) is 0 Å². The fraction of sp³-hybridized carbons (Fsp3) is 0.286. The number of aliphatic hydroxyl groups is 2. The molecule has 0 bridgehead atoms. The first-order valence-corrected chi connectivity index (χ1v) is 3.24. The SMILES string of the molecule is CC(=O)C1=NC(O)=CC(=O)C1O. The molecule has 1 rings (SSSR count). The molecule has 2 N–H and O–H groups in total. The fourth-order valence-corrected chi connectivity index (χ4v) is 0.829. The van der Waals surface area contributed by atoms with E-state index in [2.05, 4.69) is 4.99 Å². The summed E-state index contributed by atoms with van der Waals surface area (Å²) in [5, 5.41) is 17.9. The van der Waals surface area contributed by atoms with Crippen molar-refractivity contribution in [1.82, 2.24) is 0 Å². The van der Waals surface area contributed by atoms with Gasteiger partial charge in [-0.1, -0.05) is 0 Å². The zero-order chi connectivity index (χ0) is 9.30. The van der Waals surface area contributed by atoms with Gasteiger partial charge in [-0.05, 0) is 0 Å². The Hall–Kier alpha value is -1.49. The molecule has 1 aliphatic rings. The number of hydrogen-bond donors (Lipinski definition) is 2. The molecule has 0 aromatic carbocycles. The molecule has 5 heteroatoms. The highest BCUT2D eigenvalue weighted by Crippen LogP contribution is 2.06. The number of ketones is 2. The van der Waals surface area contributed by atoms with Crippen LogP contribution in [0.1, 0.15) is 6.92 Å². The van der Waals surface area contributed by atoms with Crippen LogP contribution in [0.2, 0.25) is 0 Å². The van der Waals surface area contributed by atoms with Crippen LogP contribution in [0, 0.1) is 0 Å². The van der Waals surface area contributed by atoms with E-state index >= 15 is 0 Å². The number of Topliss-reactive ketones (excluding diaryl/α,β-unsaturated/α-hetero) is 1. The number of aliphatic hydroxyl groups excluding tert-OH is 2. The number of hydrogen-bond acceptors (Lipinski definition) is 5. The molecule has 1 atom stereocenters. The highest BCUT2D eigenvalue weighted by atomic mass is 16.3. The number of carbonyl (C=O) groups excluding carboxylic acids is 2.